The summed E-state index contributed by atoms with van der Waals surface area (Å²) >= 11 is 6.11. The van der Waals surface area contributed by atoms with Crippen molar-refractivity contribution < 1.29 is 18.7 Å². The molecular weight excluding hydrogens is 509 g/mol. The topological polar surface area (TPSA) is 119 Å². The maximum atomic E-state index is 15.2. The van der Waals surface area contributed by atoms with Crippen molar-refractivity contribution in [2.24, 2.45) is 0 Å². The predicted molar refractivity (Wildman–Crippen MR) is 144 cm³/mol. The molecule has 4 rings (SSSR count). The fourth-order valence-corrected chi connectivity index (χ4v) is 4.92. The van der Waals surface area contributed by atoms with Crippen molar-refractivity contribution in [3.8, 4) is 11.3 Å². The number of nitrogens with one attached hydrogen (secondary N) is 2. The third-order valence-electron chi connectivity index (χ3n) is 6.84. The largest absolute Gasteiger partial charge is 0.382 e. The summed E-state index contributed by atoms with van der Waals surface area (Å²) in [4.78, 5) is 33.5. The van der Waals surface area contributed by atoms with Crippen LogP contribution in [0.1, 0.15) is 66.2 Å². The van der Waals surface area contributed by atoms with Crippen molar-refractivity contribution in [3.05, 3.63) is 76.3 Å². The van der Waals surface area contributed by atoms with Gasteiger partial charge in [-0.1, -0.05) is 29.8 Å². The minimum absolute atomic E-state index is 0.117. The Morgan fingerprint density at radius 1 is 1.18 bits per heavy atom. The number of nitrogen functional groups attached to an aromatic ring is 1. The van der Waals surface area contributed by atoms with Crippen LogP contribution in [-0.2, 0) is 9.53 Å². The zero-order valence-corrected chi connectivity index (χ0v) is 22.1. The zero-order chi connectivity index (χ0) is 27.2. The number of anilines is 1. The Morgan fingerprint density at radius 3 is 2.61 bits per heavy atom. The number of benzene rings is 2. The first-order chi connectivity index (χ1) is 18.2. The minimum Gasteiger partial charge on any atom is -0.382 e. The lowest BCUT2D eigenvalue weighted by atomic mass is 9.85. The molecule has 1 fully saturated rings. The Morgan fingerprint density at radius 2 is 1.95 bits per heavy atom. The molecule has 8 nitrogen and oxygen atoms in total. The van der Waals surface area contributed by atoms with Gasteiger partial charge in [0.25, 0.3) is 5.91 Å². The number of methoxy groups -OCH3 is 1. The average Bonchev–Trinajstić information content (AvgIpc) is 2.91. The van der Waals surface area contributed by atoms with Gasteiger partial charge in [-0.2, -0.15) is 0 Å². The van der Waals surface area contributed by atoms with E-state index in [1.54, 1.807) is 43.6 Å². The van der Waals surface area contributed by atoms with Gasteiger partial charge in [0.2, 0.25) is 5.91 Å². The van der Waals surface area contributed by atoms with Crippen LogP contribution in [0.5, 0.6) is 0 Å². The van der Waals surface area contributed by atoms with E-state index in [4.69, 9.17) is 27.1 Å². The summed E-state index contributed by atoms with van der Waals surface area (Å²) < 4.78 is 20.7. The molecule has 1 heterocycles. The van der Waals surface area contributed by atoms with Crippen molar-refractivity contribution >= 4 is 29.2 Å². The molecule has 2 aromatic carbocycles. The number of nitrogens with two attached hydrogens (primary N) is 1. The van der Waals surface area contributed by atoms with E-state index in [0.29, 0.717) is 21.8 Å². The average molecular weight is 540 g/mol. The molecule has 1 aliphatic carbocycles. The number of halogens is 2. The van der Waals surface area contributed by atoms with Gasteiger partial charge in [-0.05, 0) is 55.5 Å². The fraction of sp³-hybridized carbons (Fsp3) is 0.357. The van der Waals surface area contributed by atoms with E-state index >= 15 is 4.39 Å². The van der Waals surface area contributed by atoms with Gasteiger partial charge in [0, 0.05) is 37.1 Å². The standard InChI is InChI=1S/C28H31ClFN5O3/c1-16(36)32-14-25(18-4-3-5-20(29)12-18)35-28(37)22-11-8-19(13-23(22)30)26-27(31)33-15-24(34-26)17-6-9-21(38-2)10-7-17/h3-5,8,11-13,15,17,21,25H,6-7,9-10,14H2,1-2H3,(H2,31,33)(H,32,36)(H,35,37). The molecule has 200 valence electrons. The minimum atomic E-state index is -0.725. The highest BCUT2D eigenvalue weighted by Crippen LogP contribution is 2.34. The second-order valence-corrected chi connectivity index (χ2v) is 9.89. The molecule has 0 aliphatic heterocycles. The Hall–Kier alpha value is -3.56. The number of amides is 2. The van der Waals surface area contributed by atoms with Crippen LogP contribution in [0.4, 0.5) is 10.2 Å². The van der Waals surface area contributed by atoms with Crippen molar-refractivity contribution in [2.75, 3.05) is 19.4 Å². The van der Waals surface area contributed by atoms with Gasteiger partial charge in [-0.15, -0.1) is 0 Å². The molecule has 4 N–H and O–H groups in total. The molecule has 1 aromatic heterocycles. The normalized spacial score (nSPS) is 18.0. The van der Waals surface area contributed by atoms with Crippen LogP contribution >= 0.6 is 11.6 Å². The molecule has 0 bridgehead atoms. The van der Waals surface area contributed by atoms with Crippen LogP contribution in [0.3, 0.4) is 0 Å². The van der Waals surface area contributed by atoms with E-state index in [1.165, 1.54) is 19.1 Å². The number of hydrogen-bond acceptors (Lipinski definition) is 6. The van der Waals surface area contributed by atoms with E-state index in [9.17, 15) is 9.59 Å². The summed E-state index contributed by atoms with van der Waals surface area (Å²) in [6.45, 7) is 1.50. The first-order valence-corrected chi connectivity index (χ1v) is 12.9. The van der Waals surface area contributed by atoms with Crippen molar-refractivity contribution in [2.45, 2.75) is 50.7 Å². The Kier molecular flexibility index (Phi) is 8.91. The number of carbonyl (C=O) groups excluding carboxylic acids is 2. The molecule has 0 spiro atoms. The summed E-state index contributed by atoms with van der Waals surface area (Å²) in [6, 6.07) is 10.5. The highest BCUT2D eigenvalue weighted by molar-refractivity contribution is 6.30. The molecule has 10 heteroatoms. The van der Waals surface area contributed by atoms with Crippen LogP contribution in [0.15, 0.2) is 48.7 Å². The fourth-order valence-electron chi connectivity index (χ4n) is 4.72. The summed E-state index contributed by atoms with van der Waals surface area (Å²) in [7, 11) is 1.73. The van der Waals surface area contributed by atoms with Crippen molar-refractivity contribution in [1.82, 2.24) is 20.6 Å². The molecule has 2 amide bonds. The molecule has 1 atom stereocenters. The van der Waals surface area contributed by atoms with Crippen molar-refractivity contribution in [1.29, 1.82) is 0 Å². The Bertz CT molecular complexity index is 1310. The third-order valence-corrected chi connectivity index (χ3v) is 7.08. The number of nitrogens with zero attached hydrogens (tertiary/aromatic N) is 2. The van der Waals surface area contributed by atoms with E-state index in [0.717, 1.165) is 31.4 Å². The van der Waals surface area contributed by atoms with E-state index in [2.05, 4.69) is 15.6 Å². The van der Waals surface area contributed by atoms with E-state index in [-0.39, 0.29) is 35.9 Å². The summed E-state index contributed by atoms with van der Waals surface area (Å²) in [5.41, 5.74) is 8.25. The van der Waals surface area contributed by atoms with Crippen LogP contribution in [-0.4, -0.2) is 41.5 Å². The van der Waals surface area contributed by atoms with E-state index < -0.39 is 17.8 Å². The molecule has 0 radical (unpaired) electrons. The predicted octanol–water partition coefficient (Wildman–Crippen LogP) is 4.80. The molecule has 0 saturated heterocycles. The molecule has 1 unspecified atom stereocenters. The van der Waals surface area contributed by atoms with Crippen molar-refractivity contribution in [3.63, 3.8) is 0 Å². The van der Waals surface area contributed by atoms with Crippen LogP contribution in [0.2, 0.25) is 5.02 Å². The zero-order valence-electron chi connectivity index (χ0n) is 21.3. The highest BCUT2D eigenvalue weighted by atomic mass is 35.5. The smallest absolute Gasteiger partial charge is 0.254 e. The molecule has 3 aromatic rings. The van der Waals surface area contributed by atoms with Gasteiger partial charge in [-0.3, -0.25) is 9.59 Å². The second-order valence-electron chi connectivity index (χ2n) is 9.45. The second kappa shape index (κ2) is 12.3. The monoisotopic (exact) mass is 539 g/mol. The quantitative estimate of drug-likeness (QED) is 0.378. The van der Waals surface area contributed by atoms with E-state index in [1.807, 2.05) is 0 Å². The lowest BCUT2D eigenvalue weighted by molar-refractivity contribution is -0.119. The Balaban J connectivity index is 1.54. The first-order valence-electron chi connectivity index (χ1n) is 12.5. The van der Waals surface area contributed by atoms with Crippen LogP contribution < -0.4 is 16.4 Å². The van der Waals surface area contributed by atoms with Gasteiger partial charge in [0.1, 0.15) is 17.3 Å². The number of hydrogen-bond donors (Lipinski definition) is 3. The number of aromatic nitrogens is 2. The first kappa shape index (κ1) is 27.5. The Labute approximate surface area is 226 Å². The number of ether oxygens (including phenoxy) is 1. The third kappa shape index (κ3) is 6.65. The lowest BCUT2D eigenvalue weighted by Gasteiger charge is -2.27. The SMILES string of the molecule is COC1CCC(c2cnc(N)c(-c3ccc(C(=O)NC(CNC(C)=O)c4cccc(Cl)c4)c(F)c3)n2)CC1. The number of rotatable bonds is 8. The van der Waals surface area contributed by atoms with Gasteiger partial charge in [-0.25, -0.2) is 14.4 Å². The highest BCUT2D eigenvalue weighted by Gasteiger charge is 2.25. The summed E-state index contributed by atoms with van der Waals surface area (Å²) in [6.07, 6.45) is 5.68. The molecule has 1 aliphatic rings. The van der Waals surface area contributed by atoms with Gasteiger partial charge >= 0.3 is 0 Å². The summed E-state index contributed by atoms with van der Waals surface area (Å²) in [5.74, 6) is -1.19. The molecule has 1 saturated carbocycles. The van der Waals surface area contributed by atoms with Gasteiger partial charge < -0.3 is 21.1 Å². The maximum absolute atomic E-state index is 15.2. The van der Waals surface area contributed by atoms with Crippen LogP contribution in [0.25, 0.3) is 11.3 Å². The summed E-state index contributed by atoms with van der Waals surface area (Å²) in [5, 5.41) is 5.95. The maximum Gasteiger partial charge on any atom is 0.254 e. The van der Waals surface area contributed by atoms with Crippen LogP contribution in [0, 0.1) is 5.82 Å². The lowest BCUT2D eigenvalue weighted by Crippen LogP contribution is -2.37. The number of carbonyl (C=O) groups is 2. The van der Waals surface area contributed by atoms with Gasteiger partial charge in [0.15, 0.2) is 0 Å². The van der Waals surface area contributed by atoms with Gasteiger partial charge in [0.05, 0.1) is 29.6 Å². The molecule has 38 heavy (non-hydrogen) atoms. The molecular formula is C28H31ClFN5O3.